The molecule has 4 amide bonds. The Balaban J connectivity index is 0.00000145. The number of carboxylic acid groups (broad SMARTS) is 3. The van der Waals surface area contributed by atoms with E-state index in [-0.39, 0.29) is 25.3 Å². The number of aliphatic imine (C=N–C) groups is 1. The molecule has 2 aliphatic heterocycles. The summed E-state index contributed by atoms with van der Waals surface area (Å²) in [7, 11) is 0. The van der Waals surface area contributed by atoms with E-state index in [2.05, 4.69) is 20.9 Å². The normalized spacial score (nSPS) is 14.2. The topological polar surface area (TPSA) is 395 Å². The van der Waals surface area contributed by atoms with Crippen LogP contribution >= 0.6 is 11.3 Å². The minimum Gasteiger partial charge on any atom is -0.542 e. The lowest BCUT2D eigenvalue weighted by Gasteiger charge is -2.20. The zero-order valence-corrected chi connectivity index (χ0v) is 38.1. The molecule has 3 aromatic rings. The van der Waals surface area contributed by atoms with E-state index in [9.17, 15) is 56.9 Å². The zero-order chi connectivity index (χ0) is 52.3. The zero-order valence-electron chi connectivity index (χ0n) is 37.3. The van der Waals surface area contributed by atoms with Gasteiger partial charge in [-0.1, -0.05) is 6.07 Å². The van der Waals surface area contributed by atoms with E-state index in [1.54, 1.807) is 6.07 Å². The van der Waals surface area contributed by atoms with Crippen molar-refractivity contribution in [1.82, 2.24) is 25.8 Å². The second-order valence-electron chi connectivity index (χ2n) is 14.9. The third kappa shape index (κ3) is 17.9. The monoisotopic (exact) mass is 1030 g/mol. The number of fused-ring (bicyclic) bond motifs is 2. The van der Waals surface area contributed by atoms with Crippen LogP contribution < -0.4 is 62.2 Å². The molecule has 26 nitrogen and oxygen atoms in total. The second kappa shape index (κ2) is 26.9. The van der Waals surface area contributed by atoms with Crippen molar-refractivity contribution in [2.45, 2.75) is 56.4 Å². The van der Waals surface area contributed by atoms with Gasteiger partial charge in [-0.2, -0.15) is 17.7 Å². The van der Waals surface area contributed by atoms with Gasteiger partial charge in [0.2, 0.25) is 30.4 Å². The third-order valence-electron chi connectivity index (χ3n) is 9.68. The molecule has 2 aromatic heterocycles. The number of nitrogens with one attached hydrogen (secondary N) is 4. The molecular formula is C41H49F3N8O18S. The van der Waals surface area contributed by atoms with Crippen LogP contribution in [0.2, 0.25) is 0 Å². The fourth-order valence-electron chi connectivity index (χ4n) is 6.25. The number of morpholine rings is 1. The van der Waals surface area contributed by atoms with Crippen molar-refractivity contribution in [3.8, 4) is 28.4 Å². The number of aliphatic carboxylic acids is 3. The molecule has 4 heterocycles. The molecule has 1 fully saturated rings. The van der Waals surface area contributed by atoms with Gasteiger partial charge < -0.3 is 86.1 Å². The third-order valence-corrected chi connectivity index (χ3v) is 10.7. The fraction of sp³-hybridized carbons (Fsp3) is 0.463. The second-order valence-corrected chi connectivity index (χ2v) is 15.7. The summed E-state index contributed by atoms with van der Waals surface area (Å²) in [6.07, 6.45) is -6.80. The minimum atomic E-state index is -5.19. The number of alkyl halides is 3. The number of thiophene rings is 1. The Hall–Kier alpha value is -7.73. The summed E-state index contributed by atoms with van der Waals surface area (Å²) in [5.74, 6) is -9.33. The molecule has 3 atom stereocenters. The number of hydrogen-bond donors (Lipinski definition) is 9. The Morgan fingerprint density at radius 1 is 0.887 bits per heavy atom. The molecule has 0 spiro atoms. The number of nitrogens with two attached hydrogens (primary N) is 2. The number of carboxylic acids is 3. The fourth-order valence-corrected chi connectivity index (χ4v) is 7.22. The SMILES string of the molecule is NC(N)=NCCC[C@H](NC(=O)CCC(=O)OCOc1cc(=[N+]2CCOCC2)oc2c(-c3ccc4c(c3)OCCO4)csc12)C(=O)NCC(=O)N[C@@H](CC(=O)O)C(=O)N[C@@H](CO)C(=O)O.O=C([O-])C(F)(F)F. The summed E-state index contributed by atoms with van der Waals surface area (Å²) in [5.41, 5.74) is 13.4. The molecule has 1 saturated heterocycles. The van der Waals surface area contributed by atoms with E-state index in [0.717, 1.165) is 11.1 Å². The number of esters is 1. The van der Waals surface area contributed by atoms with Crippen molar-refractivity contribution in [1.29, 1.82) is 0 Å². The van der Waals surface area contributed by atoms with Crippen LogP contribution in [0, 0.1) is 0 Å². The first-order valence-electron chi connectivity index (χ1n) is 21.1. The van der Waals surface area contributed by atoms with Crippen LogP contribution in [0.5, 0.6) is 17.2 Å². The average molecular weight is 1030 g/mol. The van der Waals surface area contributed by atoms with Gasteiger partial charge in [-0.15, -0.1) is 11.3 Å². The van der Waals surface area contributed by atoms with E-state index in [1.807, 2.05) is 33.5 Å². The number of hydrogen-bond acceptors (Lipinski definition) is 18. The maximum Gasteiger partial charge on any atom is 0.430 e. The van der Waals surface area contributed by atoms with Crippen LogP contribution in [0.1, 0.15) is 32.1 Å². The summed E-state index contributed by atoms with van der Waals surface area (Å²) < 4.78 is 68.9. The molecule has 11 N–H and O–H groups in total. The van der Waals surface area contributed by atoms with Gasteiger partial charge in [0.25, 0.3) is 0 Å². The number of aliphatic hydroxyl groups is 1. The highest BCUT2D eigenvalue weighted by molar-refractivity contribution is 7.18. The van der Waals surface area contributed by atoms with Crippen molar-refractivity contribution in [3.05, 3.63) is 35.2 Å². The average Bonchev–Trinajstić information content (AvgIpc) is 3.76. The summed E-state index contributed by atoms with van der Waals surface area (Å²) in [5, 5.41) is 46.9. The van der Waals surface area contributed by atoms with E-state index < -0.39 is 111 Å². The molecule has 5 rings (SSSR count). The first-order valence-corrected chi connectivity index (χ1v) is 22.0. The molecule has 71 heavy (non-hydrogen) atoms. The van der Waals surface area contributed by atoms with E-state index in [1.165, 1.54) is 11.3 Å². The van der Waals surface area contributed by atoms with Crippen molar-refractivity contribution >= 4 is 75.1 Å². The molecule has 0 aliphatic carbocycles. The Bertz CT molecular complexity index is 2520. The Kier molecular flexibility index (Phi) is 21.1. The summed E-state index contributed by atoms with van der Waals surface area (Å²) in [4.78, 5) is 99.2. The maximum absolute atomic E-state index is 13.1. The summed E-state index contributed by atoms with van der Waals surface area (Å²) in [6, 6.07) is 2.51. The highest BCUT2D eigenvalue weighted by Crippen LogP contribution is 2.41. The van der Waals surface area contributed by atoms with Crippen LogP contribution in [0.3, 0.4) is 0 Å². The van der Waals surface area contributed by atoms with Gasteiger partial charge in [-0.05, 0) is 30.5 Å². The van der Waals surface area contributed by atoms with Gasteiger partial charge in [-0.25, -0.2) is 4.79 Å². The summed E-state index contributed by atoms with van der Waals surface area (Å²) in [6.45, 7) is 0.791. The molecule has 388 valence electrons. The van der Waals surface area contributed by atoms with Gasteiger partial charge in [0.05, 0.1) is 32.1 Å². The number of rotatable bonds is 22. The molecule has 0 radical (unpaired) electrons. The number of carbonyl (C=O) groups is 8. The number of benzene rings is 1. The van der Waals surface area contributed by atoms with Gasteiger partial charge in [0.1, 0.15) is 55.2 Å². The number of amides is 4. The lowest BCUT2D eigenvalue weighted by Crippen LogP contribution is -2.55. The minimum absolute atomic E-state index is 0.0284. The molecule has 0 saturated carbocycles. The number of aliphatic hydroxyl groups excluding tert-OH is 1. The lowest BCUT2D eigenvalue weighted by molar-refractivity contribution is -0.344. The van der Waals surface area contributed by atoms with Gasteiger partial charge in [0, 0.05) is 23.9 Å². The first-order chi connectivity index (χ1) is 33.7. The number of carbonyl (C=O) groups excluding carboxylic acids is 6. The highest BCUT2D eigenvalue weighted by atomic mass is 32.1. The van der Waals surface area contributed by atoms with Crippen molar-refractivity contribution in [3.63, 3.8) is 0 Å². The molecule has 0 unspecified atom stereocenters. The molecule has 0 bridgehead atoms. The maximum atomic E-state index is 13.1. The van der Waals surface area contributed by atoms with Crippen LogP contribution in [0.25, 0.3) is 21.4 Å². The number of nitrogens with zero attached hydrogens (tertiary/aromatic N) is 2. The summed E-state index contributed by atoms with van der Waals surface area (Å²) >= 11 is 1.37. The van der Waals surface area contributed by atoms with Crippen LogP contribution in [-0.4, -0.2) is 159 Å². The number of ether oxygens (including phenoxy) is 5. The van der Waals surface area contributed by atoms with Crippen molar-refractivity contribution in [2.75, 3.05) is 66.0 Å². The van der Waals surface area contributed by atoms with E-state index >= 15 is 0 Å². The van der Waals surface area contributed by atoms with Gasteiger partial charge in [-0.3, -0.25) is 33.8 Å². The van der Waals surface area contributed by atoms with Crippen molar-refractivity contribution in [2.24, 2.45) is 16.5 Å². The lowest BCUT2D eigenvalue weighted by atomic mass is 10.1. The van der Waals surface area contributed by atoms with Gasteiger partial charge >= 0.3 is 29.6 Å². The number of halogens is 3. The largest absolute Gasteiger partial charge is 0.542 e. The molecule has 2 aliphatic rings. The molecule has 30 heteroatoms. The molecular weight excluding hydrogens is 982 g/mol. The predicted molar refractivity (Wildman–Crippen MR) is 234 cm³/mol. The smallest absolute Gasteiger partial charge is 0.430 e. The van der Waals surface area contributed by atoms with Crippen LogP contribution in [-0.2, 0) is 47.8 Å². The highest BCUT2D eigenvalue weighted by Gasteiger charge is 2.30. The number of guanidine groups is 1. The quantitative estimate of drug-likeness (QED) is 0.0120. The standard InChI is InChI=1S/C39H48N8O16S.C2HF3O2/c40-39(41)42-7-1-2-23(36(54)43-17-30(50)45-24(15-32(51)52)37(55)46-25(18-48)38(56)57)44-29(49)5-6-33(53)62-20-61-28-16-31(47-8-10-58-11-9-47)63-34-22(19-64-35(28)34)21-3-4-26-27(14-21)60-13-12-59-26;3-2(4,5)1(6)7/h3-4,14,16,19,23-25,48H,1-2,5-13,15,17-18,20H2,(H9-,40,41,42,43,44,45,46,49,50,51,52,54,55,56,57);(H,6,7)/t23-,24-,25-;/m0./s1. The Morgan fingerprint density at radius 2 is 1.56 bits per heavy atom. The Morgan fingerprint density at radius 3 is 2.20 bits per heavy atom. The first kappa shape index (κ1) is 55.9. The van der Waals surface area contributed by atoms with Crippen molar-refractivity contribution < 1.29 is 100 Å². The van der Waals surface area contributed by atoms with E-state index in [0.29, 0.717) is 72.6 Å². The van der Waals surface area contributed by atoms with Crippen LogP contribution in [0.15, 0.2) is 39.1 Å². The van der Waals surface area contributed by atoms with Gasteiger partial charge in [0.15, 0.2) is 41.9 Å². The Labute approximate surface area is 402 Å². The predicted octanol–water partition coefficient (Wildman–Crippen LogP) is -3.13. The van der Waals surface area contributed by atoms with Crippen LogP contribution in [0.4, 0.5) is 13.2 Å². The van der Waals surface area contributed by atoms with E-state index in [4.69, 9.17) is 54.6 Å². The molecule has 1 aromatic carbocycles.